The number of anilines is 2. The van der Waals surface area contributed by atoms with Crippen LogP contribution >= 0.6 is 0 Å². The molecule has 0 aliphatic heterocycles. The third-order valence-corrected chi connectivity index (χ3v) is 6.19. The quantitative estimate of drug-likeness (QED) is 0.571. The summed E-state index contributed by atoms with van der Waals surface area (Å²) in [4.78, 5) is 13.3. The molecule has 2 aromatic carbocycles. The Hall–Kier alpha value is -3.25. The molecule has 0 radical (unpaired) electrons. The van der Waals surface area contributed by atoms with Crippen molar-refractivity contribution in [1.29, 1.82) is 0 Å². The molecular weight excluding hydrogens is 445 g/mol. The summed E-state index contributed by atoms with van der Waals surface area (Å²) in [6.07, 6.45) is -4.68. The van der Waals surface area contributed by atoms with Gasteiger partial charge < -0.3 is 10.6 Å². The van der Waals surface area contributed by atoms with Gasteiger partial charge >= 0.3 is 6.18 Å². The monoisotopic (exact) mass is 466 g/mol. The Balaban J connectivity index is 2.05. The van der Waals surface area contributed by atoms with Crippen molar-refractivity contribution in [1.82, 2.24) is 19.3 Å². The van der Waals surface area contributed by atoms with Gasteiger partial charge in [-0.1, -0.05) is 36.4 Å². The first kappa shape index (κ1) is 23.4. The molecule has 1 aromatic heterocycles. The zero-order chi connectivity index (χ0) is 23.5. The van der Waals surface area contributed by atoms with Crippen molar-refractivity contribution < 1.29 is 21.6 Å². The van der Waals surface area contributed by atoms with E-state index in [0.29, 0.717) is 11.6 Å². The number of benzene rings is 2. The van der Waals surface area contributed by atoms with E-state index in [2.05, 4.69) is 15.0 Å². The molecular formula is C20H21F3N6O2S. The van der Waals surface area contributed by atoms with Gasteiger partial charge in [-0.3, -0.25) is 0 Å². The fraction of sp³-hybridized carbons (Fsp3) is 0.250. The van der Waals surface area contributed by atoms with Crippen LogP contribution in [0.5, 0.6) is 0 Å². The second-order valence-electron chi connectivity index (χ2n) is 7.09. The SMILES string of the molecule is CN(C)c1nc(N)nc(CN(Cc2ccccc2)S(=O)(=O)c2cccc(C(F)(F)F)c2)n1. The lowest BCUT2D eigenvalue weighted by Crippen LogP contribution is -2.31. The van der Waals surface area contributed by atoms with Crippen molar-refractivity contribution in [2.24, 2.45) is 0 Å². The first-order valence-corrected chi connectivity index (χ1v) is 10.8. The summed E-state index contributed by atoms with van der Waals surface area (Å²) < 4.78 is 67.2. The smallest absolute Gasteiger partial charge is 0.368 e. The molecule has 12 heteroatoms. The van der Waals surface area contributed by atoms with Crippen LogP contribution in [0.2, 0.25) is 0 Å². The molecule has 0 saturated heterocycles. The number of halogens is 3. The van der Waals surface area contributed by atoms with E-state index < -0.39 is 26.7 Å². The third-order valence-electron chi connectivity index (χ3n) is 4.41. The van der Waals surface area contributed by atoms with E-state index in [1.165, 1.54) is 0 Å². The van der Waals surface area contributed by atoms with Gasteiger partial charge in [0.1, 0.15) is 0 Å². The van der Waals surface area contributed by atoms with Crippen molar-refractivity contribution in [3.63, 3.8) is 0 Å². The van der Waals surface area contributed by atoms with Gasteiger partial charge in [0.15, 0.2) is 5.82 Å². The minimum absolute atomic E-state index is 0.0627. The Bertz CT molecular complexity index is 1190. The molecule has 1 heterocycles. The van der Waals surface area contributed by atoms with Gasteiger partial charge in [0, 0.05) is 20.6 Å². The number of sulfonamides is 1. The molecule has 0 bridgehead atoms. The van der Waals surface area contributed by atoms with Crippen LogP contribution in [0.4, 0.5) is 25.1 Å². The number of aromatic nitrogens is 3. The van der Waals surface area contributed by atoms with Gasteiger partial charge in [-0.05, 0) is 23.8 Å². The number of nitrogens with zero attached hydrogens (tertiary/aromatic N) is 5. The average molecular weight is 466 g/mol. The van der Waals surface area contributed by atoms with Crippen LogP contribution in [-0.4, -0.2) is 41.8 Å². The molecule has 2 N–H and O–H groups in total. The first-order valence-electron chi connectivity index (χ1n) is 9.36. The topological polar surface area (TPSA) is 105 Å². The Morgan fingerprint density at radius 1 is 0.938 bits per heavy atom. The lowest BCUT2D eigenvalue weighted by Gasteiger charge is -2.23. The summed E-state index contributed by atoms with van der Waals surface area (Å²) in [5.41, 5.74) is 5.31. The van der Waals surface area contributed by atoms with E-state index in [9.17, 15) is 21.6 Å². The Morgan fingerprint density at radius 3 is 2.25 bits per heavy atom. The number of rotatable bonds is 7. The maximum Gasteiger partial charge on any atom is 0.416 e. The van der Waals surface area contributed by atoms with Crippen molar-refractivity contribution in [2.45, 2.75) is 24.2 Å². The number of hydrogen-bond acceptors (Lipinski definition) is 7. The highest BCUT2D eigenvalue weighted by molar-refractivity contribution is 7.89. The summed E-state index contributed by atoms with van der Waals surface area (Å²) in [7, 11) is -0.987. The van der Waals surface area contributed by atoms with Crippen molar-refractivity contribution in [3.8, 4) is 0 Å². The molecule has 0 aliphatic carbocycles. The third kappa shape index (κ3) is 5.51. The molecule has 3 aromatic rings. The molecule has 32 heavy (non-hydrogen) atoms. The van der Waals surface area contributed by atoms with E-state index in [0.717, 1.165) is 22.5 Å². The fourth-order valence-corrected chi connectivity index (χ4v) is 4.28. The fourth-order valence-electron chi connectivity index (χ4n) is 2.85. The molecule has 0 atom stereocenters. The standard InChI is InChI=1S/C20H21F3N6O2S/c1-28(2)19-26-17(25-18(24)27-19)13-29(12-14-7-4-3-5-8-14)32(30,31)16-10-6-9-15(11-16)20(21,22)23/h3-11H,12-13H2,1-2H3,(H2,24,25,26,27). The van der Waals surface area contributed by atoms with Crippen molar-refractivity contribution in [3.05, 3.63) is 71.5 Å². The summed E-state index contributed by atoms with van der Waals surface area (Å²) in [6.45, 7) is -0.427. The van der Waals surface area contributed by atoms with Gasteiger partial charge in [0.25, 0.3) is 0 Å². The molecule has 0 spiro atoms. The van der Waals surface area contributed by atoms with Crippen molar-refractivity contribution in [2.75, 3.05) is 24.7 Å². The summed E-state index contributed by atoms with van der Waals surface area (Å²) >= 11 is 0. The van der Waals surface area contributed by atoms with E-state index in [1.54, 1.807) is 49.3 Å². The van der Waals surface area contributed by atoms with Crippen LogP contribution in [0, 0.1) is 0 Å². The van der Waals surface area contributed by atoms with E-state index in [1.807, 2.05) is 0 Å². The molecule has 3 rings (SSSR count). The summed E-state index contributed by atoms with van der Waals surface area (Å²) in [5.74, 6) is 0.186. The van der Waals surface area contributed by atoms with Gasteiger partial charge in [0.2, 0.25) is 21.9 Å². The number of hydrogen-bond donors (Lipinski definition) is 1. The van der Waals surface area contributed by atoms with Gasteiger partial charge in [-0.25, -0.2) is 8.42 Å². The second-order valence-corrected chi connectivity index (χ2v) is 9.03. The molecule has 8 nitrogen and oxygen atoms in total. The molecule has 0 saturated carbocycles. The first-order chi connectivity index (χ1) is 15.0. The molecule has 0 aliphatic rings. The predicted octanol–water partition coefficient (Wildman–Crippen LogP) is 2.93. The van der Waals surface area contributed by atoms with Gasteiger partial charge in [-0.2, -0.15) is 32.4 Å². The largest absolute Gasteiger partial charge is 0.416 e. The number of nitrogen functional groups attached to an aromatic ring is 1. The predicted molar refractivity (Wildman–Crippen MR) is 113 cm³/mol. The lowest BCUT2D eigenvalue weighted by atomic mass is 10.2. The Morgan fingerprint density at radius 2 is 1.62 bits per heavy atom. The van der Waals surface area contributed by atoms with Crippen LogP contribution in [0.25, 0.3) is 0 Å². The Kier molecular flexibility index (Phi) is 6.65. The van der Waals surface area contributed by atoms with Crippen LogP contribution < -0.4 is 10.6 Å². The van der Waals surface area contributed by atoms with Crippen LogP contribution in [0.3, 0.4) is 0 Å². The van der Waals surface area contributed by atoms with Crippen LogP contribution in [0.1, 0.15) is 17.0 Å². The molecule has 0 amide bonds. The van der Waals surface area contributed by atoms with Crippen LogP contribution in [-0.2, 0) is 29.3 Å². The number of nitrogens with two attached hydrogens (primary N) is 1. The maximum absolute atomic E-state index is 13.4. The highest BCUT2D eigenvalue weighted by atomic mass is 32.2. The minimum atomic E-state index is -4.68. The summed E-state index contributed by atoms with van der Waals surface area (Å²) in [5, 5.41) is 0. The van der Waals surface area contributed by atoms with E-state index in [-0.39, 0.29) is 30.8 Å². The Labute approximate surface area is 183 Å². The minimum Gasteiger partial charge on any atom is -0.368 e. The second kappa shape index (κ2) is 9.09. The zero-order valence-corrected chi connectivity index (χ0v) is 18.1. The maximum atomic E-state index is 13.4. The molecule has 0 fully saturated rings. The highest BCUT2D eigenvalue weighted by Gasteiger charge is 2.33. The molecule has 0 unspecified atom stereocenters. The summed E-state index contributed by atoms with van der Waals surface area (Å²) in [6, 6.07) is 12.3. The highest BCUT2D eigenvalue weighted by Crippen LogP contribution is 2.31. The van der Waals surface area contributed by atoms with Gasteiger partial charge in [0.05, 0.1) is 17.0 Å². The lowest BCUT2D eigenvalue weighted by molar-refractivity contribution is -0.137. The normalized spacial score (nSPS) is 12.2. The van der Waals surface area contributed by atoms with E-state index in [4.69, 9.17) is 5.73 Å². The number of alkyl halides is 3. The zero-order valence-electron chi connectivity index (χ0n) is 17.3. The van der Waals surface area contributed by atoms with E-state index >= 15 is 0 Å². The molecule has 170 valence electrons. The van der Waals surface area contributed by atoms with Gasteiger partial charge in [-0.15, -0.1) is 0 Å². The van der Waals surface area contributed by atoms with Crippen molar-refractivity contribution >= 4 is 21.9 Å². The van der Waals surface area contributed by atoms with Crippen LogP contribution in [0.15, 0.2) is 59.5 Å². The average Bonchev–Trinajstić information content (AvgIpc) is 2.73.